The van der Waals surface area contributed by atoms with E-state index >= 15 is 0 Å². The quantitative estimate of drug-likeness (QED) is 0.779. The summed E-state index contributed by atoms with van der Waals surface area (Å²) in [6.45, 7) is 4.03. The summed E-state index contributed by atoms with van der Waals surface area (Å²) < 4.78 is 22.7. The molecular weight excluding hydrogens is 282 g/mol. The van der Waals surface area contributed by atoms with Crippen molar-refractivity contribution in [1.29, 1.82) is 0 Å². The van der Waals surface area contributed by atoms with E-state index in [0.29, 0.717) is 4.90 Å². The van der Waals surface area contributed by atoms with Gasteiger partial charge in [0.25, 0.3) is 0 Å². The third kappa shape index (κ3) is 4.80. The van der Waals surface area contributed by atoms with Gasteiger partial charge in [-0.2, -0.15) is 0 Å². The molecule has 1 rings (SSSR count). The summed E-state index contributed by atoms with van der Waals surface area (Å²) in [7, 11) is -3.17. The smallest absolute Gasteiger partial charge is 0.175 e. The molecule has 19 heavy (non-hydrogen) atoms. The Morgan fingerprint density at radius 2 is 1.79 bits per heavy atom. The van der Waals surface area contributed by atoms with Crippen molar-refractivity contribution in [3.8, 4) is 0 Å². The van der Waals surface area contributed by atoms with Crippen molar-refractivity contribution < 1.29 is 13.5 Å². The Kier molecular flexibility index (Phi) is 5.85. The predicted octanol–water partition coefficient (Wildman–Crippen LogP) is 1.53. The molecule has 0 amide bonds. The van der Waals surface area contributed by atoms with Gasteiger partial charge in [0.05, 0.1) is 11.5 Å². The molecule has 0 saturated heterocycles. The van der Waals surface area contributed by atoms with E-state index in [4.69, 9.17) is 5.73 Å². The van der Waals surface area contributed by atoms with E-state index in [2.05, 4.69) is 0 Å². The zero-order valence-corrected chi connectivity index (χ0v) is 13.0. The van der Waals surface area contributed by atoms with Gasteiger partial charge in [0.15, 0.2) is 9.84 Å². The summed E-state index contributed by atoms with van der Waals surface area (Å²) in [6.07, 6.45) is 1.18. The number of thioether (sulfide) groups is 1. The summed E-state index contributed by atoms with van der Waals surface area (Å²) in [5.74, 6) is 0.278. The standard InChI is InChI=1S/C13H21NO3S2/c1-9(2)13(14)12(8-15)18-10-4-6-11(7-5-10)19(3,16)17/h4-7,9,12-13,15H,8,14H2,1-3H3. The summed E-state index contributed by atoms with van der Waals surface area (Å²) >= 11 is 1.47. The molecule has 0 aromatic heterocycles. The second kappa shape index (κ2) is 6.74. The molecule has 0 aliphatic rings. The molecule has 4 nitrogen and oxygen atoms in total. The second-order valence-corrected chi connectivity index (χ2v) is 8.23. The number of aliphatic hydroxyl groups excluding tert-OH is 1. The highest BCUT2D eigenvalue weighted by atomic mass is 32.2. The Bertz CT molecular complexity index is 497. The first-order chi connectivity index (χ1) is 8.75. The topological polar surface area (TPSA) is 80.4 Å². The van der Waals surface area contributed by atoms with Crippen LogP contribution in [0.5, 0.6) is 0 Å². The van der Waals surface area contributed by atoms with Gasteiger partial charge in [0, 0.05) is 22.4 Å². The van der Waals surface area contributed by atoms with Crippen LogP contribution < -0.4 is 5.73 Å². The summed E-state index contributed by atoms with van der Waals surface area (Å²) in [5.41, 5.74) is 6.04. The molecule has 1 aromatic rings. The largest absolute Gasteiger partial charge is 0.395 e. The fourth-order valence-corrected chi connectivity index (χ4v) is 3.43. The Morgan fingerprint density at radius 1 is 1.26 bits per heavy atom. The van der Waals surface area contributed by atoms with Gasteiger partial charge in [-0.05, 0) is 30.2 Å². The van der Waals surface area contributed by atoms with Crippen molar-refractivity contribution in [2.75, 3.05) is 12.9 Å². The van der Waals surface area contributed by atoms with E-state index in [1.54, 1.807) is 24.3 Å². The summed E-state index contributed by atoms with van der Waals surface area (Å²) in [5, 5.41) is 9.30. The lowest BCUT2D eigenvalue weighted by molar-refractivity contribution is 0.269. The number of sulfone groups is 1. The fourth-order valence-electron chi connectivity index (χ4n) is 1.61. The highest BCUT2D eigenvalue weighted by molar-refractivity contribution is 8.00. The van der Waals surface area contributed by atoms with Crippen LogP contribution in [0.15, 0.2) is 34.1 Å². The van der Waals surface area contributed by atoms with Crippen LogP contribution in [0.4, 0.5) is 0 Å². The van der Waals surface area contributed by atoms with Crippen LogP contribution >= 0.6 is 11.8 Å². The average Bonchev–Trinajstić information content (AvgIpc) is 2.34. The van der Waals surface area contributed by atoms with Crippen LogP contribution in [-0.2, 0) is 9.84 Å². The Hall–Kier alpha value is -0.560. The zero-order chi connectivity index (χ0) is 14.6. The average molecular weight is 303 g/mol. The van der Waals surface area contributed by atoms with E-state index in [9.17, 15) is 13.5 Å². The molecular formula is C13H21NO3S2. The van der Waals surface area contributed by atoms with Crippen LogP contribution in [0.25, 0.3) is 0 Å². The first-order valence-corrected chi connectivity index (χ1v) is 8.86. The minimum absolute atomic E-state index is 0.00214. The second-order valence-electron chi connectivity index (χ2n) is 4.90. The SMILES string of the molecule is CC(C)C(N)C(CO)Sc1ccc(S(C)(=O)=O)cc1. The lowest BCUT2D eigenvalue weighted by Crippen LogP contribution is -2.39. The highest BCUT2D eigenvalue weighted by Crippen LogP contribution is 2.27. The van der Waals surface area contributed by atoms with Crippen molar-refractivity contribution >= 4 is 21.6 Å². The third-order valence-electron chi connectivity index (χ3n) is 2.92. The number of nitrogens with two attached hydrogens (primary N) is 1. The Balaban J connectivity index is 2.82. The van der Waals surface area contributed by atoms with Crippen molar-refractivity contribution in [2.45, 2.75) is 34.9 Å². The van der Waals surface area contributed by atoms with E-state index < -0.39 is 9.84 Å². The molecule has 0 bridgehead atoms. The van der Waals surface area contributed by atoms with E-state index in [0.717, 1.165) is 4.90 Å². The van der Waals surface area contributed by atoms with Gasteiger partial charge in [-0.3, -0.25) is 0 Å². The molecule has 0 aliphatic carbocycles. The molecule has 0 fully saturated rings. The van der Waals surface area contributed by atoms with Crippen LogP contribution in [0.2, 0.25) is 0 Å². The van der Waals surface area contributed by atoms with Crippen LogP contribution in [-0.4, -0.2) is 37.7 Å². The van der Waals surface area contributed by atoms with E-state index in [1.165, 1.54) is 18.0 Å². The van der Waals surface area contributed by atoms with Crippen molar-refractivity contribution in [1.82, 2.24) is 0 Å². The first-order valence-electron chi connectivity index (χ1n) is 6.09. The summed E-state index contributed by atoms with van der Waals surface area (Å²) in [6, 6.07) is 6.54. The van der Waals surface area contributed by atoms with Gasteiger partial charge in [-0.1, -0.05) is 13.8 Å². The zero-order valence-electron chi connectivity index (χ0n) is 11.4. The fraction of sp³-hybridized carbons (Fsp3) is 0.538. The molecule has 6 heteroatoms. The first kappa shape index (κ1) is 16.5. The van der Waals surface area contributed by atoms with Crippen molar-refractivity contribution in [2.24, 2.45) is 11.7 Å². The maximum atomic E-state index is 11.4. The maximum absolute atomic E-state index is 11.4. The molecule has 2 unspecified atom stereocenters. The number of aliphatic hydroxyl groups is 1. The molecule has 108 valence electrons. The van der Waals surface area contributed by atoms with Gasteiger partial charge < -0.3 is 10.8 Å². The number of benzene rings is 1. The molecule has 1 aromatic carbocycles. The molecule has 3 N–H and O–H groups in total. The van der Waals surface area contributed by atoms with E-state index in [1.807, 2.05) is 13.8 Å². The lowest BCUT2D eigenvalue weighted by atomic mass is 10.0. The number of hydrogen-bond donors (Lipinski definition) is 2. The summed E-state index contributed by atoms with van der Waals surface area (Å²) in [4.78, 5) is 1.20. The lowest BCUT2D eigenvalue weighted by Gasteiger charge is -2.24. The van der Waals surface area contributed by atoms with Gasteiger partial charge in [0.1, 0.15) is 0 Å². The van der Waals surface area contributed by atoms with Gasteiger partial charge >= 0.3 is 0 Å². The van der Waals surface area contributed by atoms with Crippen LogP contribution in [0, 0.1) is 5.92 Å². The predicted molar refractivity (Wildman–Crippen MR) is 79.1 cm³/mol. The molecule has 0 radical (unpaired) electrons. The minimum Gasteiger partial charge on any atom is -0.395 e. The van der Waals surface area contributed by atoms with Crippen LogP contribution in [0.1, 0.15) is 13.8 Å². The molecule has 0 aliphatic heterocycles. The van der Waals surface area contributed by atoms with Crippen molar-refractivity contribution in [3.63, 3.8) is 0 Å². The maximum Gasteiger partial charge on any atom is 0.175 e. The Morgan fingerprint density at radius 3 is 2.16 bits per heavy atom. The van der Waals surface area contributed by atoms with Crippen molar-refractivity contribution in [3.05, 3.63) is 24.3 Å². The molecule has 2 atom stereocenters. The highest BCUT2D eigenvalue weighted by Gasteiger charge is 2.21. The molecule has 0 heterocycles. The number of hydrogen-bond acceptors (Lipinski definition) is 5. The van der Waals surface area contributed by atoms with Crippen LogP contribution in [0.3, 0.4) is 0 Å². The molecule has 0 spiro atoms. The normalized spacial score (nSPS) is 15.5. The third-order valence-corrected chi connectivity index (χ3v) is 5.36. The minimum atomic E-state index is -3.17. The Labute approximate surface area is 119 Å². The monoisotopic (exact) mass is 303 g/mol. The van der Waals surface area contributed by atoms with E-state index in [-0.39, 0.29) is 23.8 Å². The van der Waals surface area contributed by atoms with Gasteiger partial charge in [-0.25, -0.2) is 8.42 Å². The molecule has 0 saturated carbocycles. The van der Waals surface area contributed by atoms with Gasteiger partial charge in [-0.15, -0.1) is 11.8 Å². The van der Waals surface area contributed by atoms with Gasteiger partial charge in [0.2, 0.25) is 0 Å². The number of rotatable bonds is 6.